The molecule has 6 nitrogen and oxygen atoms in total. The number of nitrogens with two attached hydrogens (primary N) is 1. The van der Waals surface area contributed by atoms with Crippen LogP contribution in [0.1, 0.15) is 49.1 Å². The van der Waals surface area contributed by atoms with E-state index in [1.807, 2.05) is 6.92 Å². The number of H-pyrrole nitrogens is 1. The van der Waals surface area contributed by atoms with E-state index in [0.29, 0.717) is 12.5 Å². The third-order valence-electron chi connectivity index (χ3n) is 3.61. The van der Waals surface area contributed by atoms with E-state index >= 15 is 0 Å². The molecule has 1 saturated carbocycles. The highest BCUT2D eigenvalue weighted by Gasteiger charge is 2.26. The molecule has 1 aromatic rings. The lowest BCUT2D eigenvalue weighted by Gasteiger charge is -2.22. The number of carbonyl (C=O) groups is 1. The van der Waals surface area contributed by atoms with E-state index in [9.17, 15) is 4.79 Å². The molecule has 1 unspecified atom stereocenters. The first-order chi connectivity index (χ1) is 8.74. The van der Waals surface area contributed by atoms with Gasteiger partial charge in [-0.1, -0.05) is 19.8 Å². The Morgan fingerprint density at radius 1 is 1.56 bits per heavy atom. The lowest BCUT2D eigenvalue weighted by molar-refractivity contribution is 0.0914. The molecule has 2 rings (SSSR count). The molecule has 0 radical (unpaired) electrons. The molecule has 1 aliphatic rings. The molecule has 18 heavy (non-hydrogen) atoms. The minimum absolute atomic E-state index is 0.0450. The van der Waals surface area contributed by atoms with Crippen LogP contribution in [0.3, 0.4) is 0 Å². The molecule has 1 aromatic heterocycles. The van der Waals surface area contributed by atoms with Crippen molar-refractivity contribution in [2.45, 2.75) is 45.1 Å². The quantitative estimate of drug-likeness (QED) is 0.714. The molecule has 0 aliphatic heterocycles. The van der Waals surface area contributed by atoms with Crippen LogP contribution in [0.25, 0.3) is 0 Å². The van der Waals surface area contributed by atoms with E-state index in [2.05, 4.69) is 20.5 Å². The third kappa shape index (κ3) is 2.87. The van der Waals surface area contributed by atoms with Crippen LogP contribution in [0.15, 0.2) is 0 Å². The van der Waals surface area contributed by atoms with Gasteiger partial charge in [0.05, 0.1) is 0 Å². The molecule has 1 aliphatic carbocycles. The molecule has 0 spiro atoms. The highest BCUT2D eigenvalue weighted by Crippen LogP contribution is 2.27. The molecule has 1 fully saturated rings. The van der Waals surface area contributed by atoms with Crippen LogP contribution in [0.4, 0.5) is 0 Å². The predicted octanol–water partition coefficient (Wildman–Crippen LogP) is 0.614. The molecule has 0 bridgehead atoms. The van der Waals surface area contributed by atoms with Gasteiger partial charge in [-0.2, -0.15) is 0 Å². The number of carbonyl (C=O) groups excluding carboxylic acids is 1. The summed E-state index contributed by atoms with van der Waals surface area (Å²) in [6.45, 7) is 2.44. The zero-order valence-corrected chi connectivity index (χ0v) is 10.8. The molecular weight excluding hydrogens is 230 g/mol. The van der Waals surface area contributed by atoms with Crippen molar-refractivity contribution in [3.63, 3.8) is 0 Å². The van der Waals surface area contributed by atoms with Crippen LogP contribution in [0, 0.1) is 5.92 Å². The standard InChI is InChI=1S/C12H21N5O/c1-2-10-15-11(17-16-10)12(18)14-9(7-13)8-5-3-4-6-8/h8-9H,2-7,13H2,1H3,(H,14,18)(H,15,16,17). The number of amides is 1. The summed E-state index contributed by atoms with van der Waals surface area (Å²) < 4.78 is 0. The fraction of sp³-hybridized carbons (Fsp3) is 0.750. The van der Waals surface area contributed by atoms with Crippen molar-refractivity contribution in [3.8, 4) is 0 Å². The monoisotopic (exact) mass is 251 g/mol. The van der Waals surface area contributed by atoms with Crippen molar-refractivity contribution in [1.29, 1.82) is 0 Å². The zero-order valence-electron chi connectivity index (χ0n) is 10.8. The highest BCUT2D eigenvalue weighted by atomic mass is 16.2. The second-order valence-corrected chi connectivity index (χ2v) is 4.82. The molecule has 100 valence electrons. The van der Waals surface area contributed by atoms with Crippen molar-refractivity contribution < 1.29 is 4.79 Å². The summed E-state index contributed by atoms with van der Waals surface area (Å²) in [6.07, 6.45) is 5.51. The van der Waals surface area contributed by atoms with Gasteiger partial charge in [0, 0.05) is 19.0 Å². The Hall–Kier alpha value is -1.43. The summed E-state index contributed by atoms with van der Waals surface area (Å²) in [6, 6.07) is 0.0450. The molecule has 1 heterocycles. The second-order valence-electron chi connectivity index (χ2n) is 4.82. The van der Waals surface area contributed by atoms with Crippen LogP contribution in [-0.2, 0) is 6.42 Å². The van der Waals surface area contributed by atoms with E-state index in [4.69, 9.17) is 5.73 Å². The van der Waals surface area contributed by atoms with Crippen LogP contribution in [0.5, 0.6) is 0 Å². The predicted molar refractivity (Wildman–Crippen MR) is 68.0 cm³/mol. The Bertz CT molecular complexity index is 397. The van der Waals surface area contributed by atoms with Gasteiger partial charge in [0.1, 0.15) is 5.82 Å². The molecule has 6 heteroatoms. The average molecular weight is 251 g/mol. The minimum Gasteiger partial charge on any atom is -0.345 e. The average Bonchev–Trinajstić information content (AvgIpc) is 3.05. The first-order valence-corrected chi connectivity index (χ1v) is 6.66. The smallest absolute Gasteiger partial charge is 0.291 e. The first kappa shape index (κ1) is 13.0. The maximum atomic E-state index is 12.0. The molecule has 1 amide bonds. The summed E-state index contributed by atoms with van der Waals surface area (Å²) >= 11 is 0. The number of aromatic amines is 1. The van der Waals surface area contributed by atoms with Crippen molar-refractivity contribution in [3.05, 3.63) is 11.6 Å². The number of hydrogen-bond donors (Lipinski definition) is 3. The number of aromatic nitrogens is 3. The zero-order chi connectivity index (χ0) is 13.0. The molecule has 4 N–H and O–H groups in total. The molecule has 0 aromatic carbocycles. The first-order valence-electron chi connectivity index (χ1n) is 6.66. The molecular formula is C12H21N5O. The summed E-state index contributed by atoms with van der Waals surface area (Å²) in [7, 11) is 0. The van der Waals surface area contributed by atoms with E-state index in [1.54, 1.807) is 0 Å². The van der Waals surface area contributed by atoms with Gasteiger partial charge in [-0.3, -0.25) is 9.89 Å². The van der Waals surface area contributed by atoms with Gasteiger partial charge in [-0.15, -0.1) is 5.10 Å². The third-order valence-corrected chi connectivity index (χ3v) is 3.61. The van der Waals surface area contributed by atoms with Gasteiger partial charge in [-0.25, -0.2) is 4.98 Å². The largest absolute Gasteiger partial charge is 0.345 e. The Morgan fingerprint density at radius 2 is 2.28 bits per heavy atom. The lowest BCUT2D eigenvalue weighted by atomic mass is 9.98. The fourth-order valence-electron chi connectivity index (χ4n) is 2.52. The lowest BCUT2D eigenvalue weighted by Crippen LogP contribution is -2.44. The van der Waals surface area contributed by atoms with Crippen LogP contribution in [-0.4, -0.2) is 33.7 Å². The van der Waals surface area contributed by atoms with Gasteiger partial charge < -0.3 is 11.1 Å². The summed E-state index contributed by atoms with van der Waals surface area (Å²) in [5.74, 6) is 1.21. The number of nitrogens with zero attached hydrogens (tertiary/aromatic N) is 2. The normalized spacial score (nSPS) is 17.9. The van der Waals surface area contributed by atoms with Gasteiger partial charge in [0.25, 0.3) is 5.91 Å². The van der Waals surface area contributed by atoms with Gasteiger partial charge in [-0.05, 0) is 18.8 Å². The summed E-state index contributed by atoms with van der Waals surface area (Å²) in [5, 5.41) is 9.61. The van der Waals surface area contributed by atoms with E-state index < -0.39 is 0 Å². The number of nitrogens with one attached hydrogen (secondary N) is 2. The number of hydrogen-bond acceptors (Lipinski definition) is 4. The highest BCUT2D eigenvalue weighted by molar-refractivity contribution is 5.90. The van der Waals surface area contributed by atoms with Crippen molar-refractivity contribution >= 4 is 5.91 Å². The number of rotatable bonds is 5. The Morgan fingerprint density at radius 3 is 2.83 bits per heavy atom. The van der Waals surface area contributed by atoms with Gasteiger partial charge >= 0.3 is 0 Å². The Kier molecular flexibility index (Phi) is 4.30. The van der Waals surface area contributed by atoms with Crippen molar-refractivity contribution in [2.24, 2.45) is 11.7 Å². The van der Waals surface area contributed by atoms with Crippen LogP contribution < -0.4 is 11.1 Å². The Balaban J connectivity index is 1.96. The minimum atomic E-state index is -0.228. The topological polar surface area (TPSA) is 96.7 Å². The van der Waals surface area contributed by atoms with Crippen molar-refractivity contribution in [1.82, 2.24) is 20.5 Å². The number of aryl methyl sites for hydroxylation is 1. The molecule has 0 saturated heterocycles. The van der Waals surface area contributed by atoms with E-state index in [0.717, 1.165) is 25.1 Å². The van der Waals surface area contributed by atoms with Crippen LogP contribution in [0.2, 0.25) is 0 Å². The maximum Gasteiger partial charge on any atom is 0.291 e. The summed E-state index contributed by atoms with van der Waals surface area (Å²) in [4.78, 5) is 16.1. The second kappa shape index (κ2) is 5.95. The van der Waals surface area contributed by atoms with E-state index in [-0.39, 0.29) is 17.8 Å². The fourth-order valence-corrected chi connectivity index (χ4v) is 2.52. The van der Waals surface area contributed by atoms with E-state index in [1.165, 1.54) is 12.8 Å². The van der Waals surface area contributed by atoms with Gasteiger partial charge in [0.15, 0.2) is 0 Å². The van der Waals surface area contributed by atoms with Gasteiger partial charge in [0.2, 0.25) is 5.82 Å². The van der Waals surface area contributed by atoms with Crippen molar-refractivity contribution in [2.75, 3.05) is 6.54 Å². The SMILES string of the molecule is CCc1nc(C(=O)NC(CN)C2CCCC2)n[nH]1. The Labute approximate surface area is 107 Å². The molecule has 1 atom stereocenters. The summed E-state index contributed by atoms with van der Waals surface area (Å²) in [5.41, 5.74) is 5.75. The maximum absolute atomic E-state index is 12.0. The van der Waals surface area contributed by atoms with Crippen LogP contribution >= 0.6 is 0 Å².